The summed E-state index contributed by atoms with van der Waals surface area (Å²) in [5.41, 5.74) is 7.39. The van der Waals surface area contributed by atoms with Gasteiger partial charge in [0.2, 0.25) is 5.91 Å². The predicted octanol–water partition coefficient (Wildman–Crippen LogP) is 1.91. The van der Waals surface area contributed by atoms with Crippen molar-refractivity contribution in [1.82, 2.24) is 9.55 Å². The van der Waals surface area contributed by atoms with Gasteiger partial charge in [-0.05, 0) is 24.6 Å². The topological polar surface area (TPSA) is 80.9 Å². The molecule has 0 amide bonds. The van der Waals surface area contributed by atoms with E-state index >= 15 is 0 Å². The molecule has 0 saturated heterocycles. The number of hydrogen-bond acceptors (Lipinski definition) is 3. The maximum Gasteiger partial charge on any atom is 0.333 e. The number of carbonyl (C=O) groups excluding carboxylic acids is 1. The van der Waals surface area contributed by atoms with Gasteiger partial charge in [0.15, 0.2) is 0 Å². The summed E-state index contributed by atoms with van der Waals surface area (Å²) in [6, 6.07) is 3.44. The Morgan fingerprint density at radius 3 is 2.50 bits per heavy atom. The van der Waals surface area contributed by atoms with Crippen molar-refractivity contribution in [2.45, 2.75) is 27.7 Å². The number of benzene rings is 1. The van der Waals surface area contributed by atoms with Crippen molar-refractivity contribution in [1.29, 1.82) is 0 Å². The Hall–Kier alpha value is -2.04. The summed E-state index contributed by atoms with van der Waals surface area (Å²) in [5.74, 6) is -0.248. The first-order chi connectivity index (χ1) is 8.21. The lowest BCUT2D eigenvalue weighted by molar-refractivity contribution is 0.0768. The molecule has 1 heterocycles. The van der Waals surface area contributed by atoms with E-state index in [2.05, 4.69) is 4.98 Å². The van der Waals surface area contributed by atoms with Gasteiger partial charge in [0.05, 0.1) is 11.0 Å². The molecule has 2 rings (SSSR count). The number of imidazole rings is 1. The minimum Gasteiger partial charge on any atom is -0.398 e. The number of H-pyrrole nitrogens is 1. The number of nitrogen functional groups attached to an aromatic ring is 1. The predicted molar refractivity (Wildman–Crippen MR) is 71.8 cm³/mol. The van der Waals surface area contributed by atoms with Gasteiger partial charge in [-0.15, -0.1) is 0 Å². The van der Waals surface area contributed by atoms with Gasteiger partial charge in [-0.1, -0.05) is 20.8 Å². The van der Waals surface area contributed by atoms with E-state index in [0.29, 0.717) is 16.7 Å². The standard InChI is InChI=1S/C13H17N3O2/c1-7-5-9-10(6-8(7)14)16(12(18)15-9)11(17)13(2,3)4/h5-6H,14H2,1-4H3,(H,15,18). The third-order valence-corrected chi connectivity index (χ3v) is 2.91. The molecular weight excluding hydrogens is 230 g/mol. The summed E-state index contributed by atoms with van der Waals surface area (Å²) < 4.78 is 1.16. The van der Waals surface area contributed by atoms with Gasteiger partial charge < -0.3 is 10.7 Å². The van der Waals surface area contributed by atoms with E-state index in [-0.39, 0.29) is 5.91 Å². The Labute approximate surface area is 105 Å². The van der Waals surface area contributed by atoms with Crippen LogP contribution in [0.5, 0.6) is 0 Å². The van der Waals surface area contributed by atoms with E-state index in [1.54, 1.807) is 32.9 Å². The molecule has 0 saturated carbocycles. The van der Waals surface area contributed by atoms with E-state index in [0.717, 1.165) is 10.1 Å². The number of nitrogens with two attached hydrogens (primary N) is 1. The SMILES string of the molecule is Cc1cc2[nH]c(=O)n(C(=O)C(C)(C)C)c2cc1N. The zero-order valence-corrected chi connectivity index (χ0v) is 11.0. The average molecular weight is 247 g/mol. The van der Waals surface area contributed by atoms with E-state index in [9.17, 15) is 9.59 Å². The monoisotopic (exact) mass is 247 g/mol. The highest BCUT2D eigenvalue weighted by Gasteiger charge is 2.26. The van der Waals surface area contributed by atoms with Crippen LogP contribution < -0.4 is 11.4 Å². The largest absolute Gasteiger partial charge is 0.398 e. The number of carbonyl (C=O) groups is 1. The number of aromatic nitrogens is 2. The van der Waals surface area contributed by atoms with Crippen LogP contribution in [0, 0.1) is 12.3 Å². The number of rotatable bonds is 0. The van der Waals surface area contributed by atoms with E-state index < -0.39 is 11.1 Å². The highest BCUT2D eigenvalue weighted by molar-refractivity contribution is 5.94. The molecule has 5 heteroatoms. The van der Waals surface area contributed by atoms with Crippen molar-refractivity contribution in [3.8, 4) is 0 Å². The van der Waals surface area contributed by atoms with E-state index in [1.165, 1.54) is 0 Å². The zero-order chi connectivity index (χ0) is 13.7. The molecule has 0 bridgehead atoms. The van der Waals surface area contributed by atoms with Crippen molar-refractivity contribution in [3.63, 3.8) is 0 Å². The van der Waals surface area contributed by atoms with E-state index in [4.69, 9.17) is 5.73 Å². The summed E-state index contributed by atoms with van der Waals surface area (Å²) in [6.45, 7) is 7.18. The lowest BCUT2D eigenvalue weighted by Gasteiger charge is -2.16. The Kier molecular flexibility index (Phi) is 2.57. The van der Waals surface area contributed by atoms with Gasteiger partial charge in [0.25, 0.3) is 0 Å². The Balaban J connectivity index is 2.80. The lowest BCUT2D eigenvalue weighted by atomic mass is 9.95. The number of anilines is 1. The van der Waals surface area contributed by atoms with Crippen molar-refractivity contribution in [2.75, 3.05) is 5.73 Å². The molecule has 0 fully saturated rings. The van der Waals surface area contributed by atoms with Crippen molar-refractivity contribution in [2.24, 2.45) is 5.41 Å². The number of aromatic amines is 1. The minimum absolute atomic E-state index is 0.248. The summed E-state index contributed by atoms with van der Waals surface area (Å²) in [4.78, 5) is 26.8. The van der Waals surface area contributed by atoms with Crippen molar-refractivity contribution >= 4 is 22.6 Å². The van der Waals surface area contributed by atoms with Gasteiger partial charge in [0, 0.05) is 11.1 Å². The maximum atomic E-state index is 12.3. The maximum absolute atomic E-state index is 12.3. The van der Waals surface area contributed by atoms with Gasteiger partial charge in [0.1, 0.15) is 0 Å². The number of aryl methyl sites for hydroxylation is 1. The van der Waals surface area contributed by atoms with Gasteiger partial charge in [-0.2, -0.15) is 0 Å². The van der Waals surface area contributed by atoms with Gasteiger partial charge in [-0.25, -0.2) is 9.36 Å². The molecule has 1 aromatic heterocycles. The van der Waals surface area contributed by atoms with Gasteiger partial charge >= 0.3 is 5.69 Å². The molecule has 0 aliphatic carbocycles. The van der Waals surface area contributed by atoms with Crippen molar-refractivity contribution < 1.29 is 4.79 Å². The second-order valence-electron chi connectivity index (χ2n) is 5.55. The first kappa shape index (κ1) is 12.4. The molecule has 96 valence electrons. The van der Waals surface area contributed by atoms with Crippen LogP contribution in [0.4, 0.5) is 5.69 Å². The molecule has 2 aromatic rings. The number of fused-ring (bicyclic) bond motifs is 1. The second-order valence-corrected chi connectivity index (χ2v) is 5.55. The van der Waals surface area contributed by atoms with Crippen LogP contribution in [0.1, 0.15) is 31.1 Å². The fourth-order valence-electron chi connectivity index (χ4n) is 1.82. The Morgan fingerprint density at radius 1 is 1.33 bits per heavy atom. The minimum atomic E-state index is -0.626. The summed E-state index contributed by atoms with van der Waals surface area (Å²) in [7, 11) is 0. The molecule has 0 unspecified atom stereocenters. The highest BCUT2D eigenvalue weighted by atomic mass is 16.2. The van der Waals surface area contributed by atoms with Crippen LogP contribution in [0.3, 0.4) is 0 Å². The first-order valence-electron chi connectivity index (χ1n) is 5.77. The summed E-state index contributed by atoms with van der Waals surface area (Å²) in [6.07, 6.45) is 0. The van der Waals surface area contributed by atoms with Crippen LogP contribution in [0.25, 0.3) is 11.0 Å². The van der Waals surface area contributed by atoms with Crippen LogP contribution in [-0.4, -0.2) is 15.5 Å². The van der Waals surface area contributed by atoms with Crippen LogP contribution in [0.15, 0.2) is 16.9 Å². The number of nitrogens with one attached hydrogen (secondary N) is 1. The fraction of sp³-hybridized carbons (Fsp3) is 0.385. The molecule has 3 N–H and O–H groups in total. The molecule has 5 nitrogen and oxygen atoms in total. The third kappa shape index (κ3) is 1.81. The molecule has 18 heavy (non-hydrogen) atoms. The molecule has 0 atom stereocenters. The number of hydrogen-bond donors (Lipinski definition) is 2. The molecule has 0 spiro atoms. The molecule has 0 aliphatic rings. The fourth-order valence-corrected chi connectivity index (χ4v) is 1.82. The van der Waals surface area contributed by atoms with Crippen LogP contribution in [-0.2, 0) is 0 Å². The van der Waals surface area contributed by atoms with E-state index in [1.807, 2.05) is 6.92 Å². The number of nitrogens with zero attached hydrogens (tertiary/aromatic N) is 1. The molecule has 0 radical (unpaired) electrons. The molecular formula is C13H17N3O2. The summed E-state index contributed by atoms with van der Waals surface area (Å²) in [5, 5.41) is 0. The van der Waals surface area contributed by atoms with Crippen LogP contribution >= 0.6 is 0 Å². The second kappa shape index (κ2) is 3.73. The molecule has 1 aromatic carbocycles. The Bertz CT molecular complexity index is 687. The summed E-state index contributed by atoms with van der Waals surface area (Å²) >= 11 is 0. The zero-order valence-electron chi connectivity index (χ0n) is 11.0. The van der Waals surface area contributed by atoms with Crippen molar-refractivity contribution in [3.05, 3.63) is 28.2 Å². The smallest absolute Gasteiger partial charge is 0.333 e. The average Bonchev–Trinajstić information content (AvgIpc) is 2.52. The normalized spacial score (nSPS) is 12.0. The first-order valence-corrected chi connectivity index (χ1v) is 5.77. The highest BCUT2D eigenvalue weighted by Crippen LogP contribution is 2.22. The lowest BCUT2D eigenvalue weighted by Crippen LogP contribution is -2.33. The van der Waals surface area contributed by atoms with Crippen LogP contribution in [0.2, 0.25) is 0 Å². The Morgan fingerprint density at radius 2 is 1.94 bits per heavy atom. The van der Waals surface area contributed by atoms with Gasteiger partial charge in [-0.3, -0.25) is 4.79 Å². The molecule has 0 aliphatic heterocycles. The third-order valence-electron chi connectivity index (χ3n) is 2.91. The quantitative estimate of drug-likeness (QED) is 0.698.